The van der Waals surface area contributed by atoms with Gasteiger partial charge in [-0.05, 0) is 55.7 Å². The number of rotatable bonds is 6. The fraction of sp³-hybridized carbons (Fsp3) is 0.259. The van der Waals surface area contributed by atoms with Crippen molar-refractivity contribution in [3.8, 4) is 0 Å². The van der Waals surface area contributed by atoms with Crippen molar-refractivity contribution < 1.29 is 9.59 Å². The molecule has 192 valence electrons. The van der Waals surface area contributed by atoms with Gasteiger partial charge in [-0.15, -0.1) is 0 Å². The van der Waals surface area contributed by atoms with Gasteiger partial charge in [0.05, 0.1) is 22.0 Å². The molecule has 0 saturated carbocycles. The Bertz CT molecular complexity index is 1300. The Kier molecular flexibility index (Phi) is 8.31. The fourth-order valence-corrected chi connectivity index (χ4v) is 4.47. The molecule has 2 heterocycles. The zero-order chi connectivity index (χ0) is 26.5. The van der Waals surface area contributed by atoms with Crippen LogP contribution in [0.15, 0.2) is 54.7 Å². The van der Waals surface area contributed by atoms with Crippen molar-refractivity contribution in [2.75, 3.05) is 42.7 Å². The first kappa shape index (κ1) is 26.4. The number of amidine groups is 1. The van der Waals surface area contributed by atoms with Crippen LogP contribution < -0.4 is 15.5 Å². The minimum atomic E-state index is -0.458. The third-order valence-corrected chi connectivity index (χ3v) is 6.54. The Morgan fingerprint density at radius 1 is 0.892 bits per heavy atom. The van der Waals surface area contributed by atoms with Crippen LogP contribution in [0.4, 0.5) is 17.2 Å². The maximum Gasteiger partial charge on any atom is 0.259 e. The van der Waals surface area contributed by atoms with E-state index in [2.05, 4.69) is 20.5 Å². The van der Waals surface area contributed by atoms with E-state index in [9.17, 15) is 9.59 Å². The Balaban J connectivity index is 1.69. The van der Waals surface area contributed by atoms with Crippen LogP contribution in [0, 0.1) is 5.41 Å². The molecule has 3 N–H and O–H groups in total. The molecule has 2 aromatic carbocycles. The maximum atomic E-state index is 13.4. The normalized spacial score (nSPS) is 13.1. The van der Waals surface area contributed by atoms with Crippen molar-refractivity contribution in [1.29, 1.82) is 5.41 Å². The van der Waals surface area contributed by atoms with Gasteiger partial charge >= 0.3 is 0 Å². The molecule has 0 radical (unpaired) electrons. The number of pyridine rings is 1. The Morgan fingerprint density at radius 2 is 1.57 bits per heavy atom. The lowest BCUT2D eigenvalue weighted by Gasteiger charge is -2.31. The standard InChI is InChI=1S/C27H28Cl2N6O2/c1-34(2)25(30)17-6-8-18(9-7-17)26(36)33-24-21(27(37)32-23-11-10-19(28)16-31-23)14-20(29)15-22(24)35-12-4-3-5-13-35/h6-11,14-16,30H,3-5,12-13H2,1-2H3,(H,33,36)(H,31,32,37). The minimum Gasteiger partial charge on any atom is -0.370 e. The van der Waals surface area contributed by atoms with Crippen molar-refractivity contribution in [1.82, 2.24) is 9.88 Å². The number of nitrogens with one attached hydrogen (secondary N) is 3. The molecule has 1 aromatic heterocycles. The Hall–Kier alpha value is -3.62. The molecule has 1 aliphatic rings. The predicted octanol–water partition coefficient (Wildman–Crippen LogP) is 5.77. The molecule has 8 nitrogen and oxygen atoms in total. The number of anilines is 3. The third kappa shape index (κ3) is 6.39. The number of carbonyl (C=O) groups is 2. The van der Waals surface area contributed by atoms with Gasteiger partial charge in [0.1, 0.15) is 11.7 Å². The molecule has 3 aromatic rings. The number of carbonyl (C=O) groups excluding carboxylic acids is 2. The molecule has 0 spiro atoms. The summed E-state index contributed by atoms with van der Waals surface area (Å²) in [6.45, 7) is 1.59. The number of piperidine rings is 1. The van der Waals surface area contributed by atoms with E-state index >= 15 is 0 Å². The van der Waals surface area contributed by atoms with Crippen molar-refractivity contribution in [2.45, 2.75) is 19.3 Å². The molecule has 0 aliphatic carbocycles. The van der Waals surface area contributed by atoms with Gasteiger partial charge in [-0.25, -0.2) is 4.98 Å². The van der Waals surface area contributed by atoms with E-state index < -0.39 is 5.91 Å². The number of hydrogen-bond acceptors (Lipinski definition) is 5. The highest BCUT2D eigenvalue weighted by Gasteiger charge is 2.24. The zero-order valence-electron chi connectivity index (χ0n) is 20.6. The topological polar surface area (TPSA) is 101 Å². The molecule has 10 heteroatoms. The summed E-state index contributed by atoms with van der Waals surface area (Å²) in [5, 5.41) is 14.7. The summed E-state index contributed by atoms with van der Waals surface area (Å²) in [7, 11) is 3.58. The lowest BCUT2D eigenvalue weighted by molar-refractivity contribution is 0.102. The summed E-state index contributed by atoms with van der Waals surface area (Å²) in [5.41, 5.74) is 2.40. The molecule has 37 heavy (non-hydrogen) atoms. The average molecular weight is 539 g/mol. The molecule has 2 amide bonds. The van der Waals surface area contributed by atoms with E-state index in [1.807, 2.05) is 0 Å². The lowest BCUT2D eigenvalue weighted by atomic mass is 10.0. The van der Waals surface area contributed by atoms with Crippen molar-refractivity contribution in [3.05, 3.63) is 81.5 Å². The SMILES string of the molecule is CN(C)C(=N)c1ccc(C(=O)Nc2c(C(=O)Nc3ccc(Cl)cn3)cc(Cl)cc2N2CCCCC2)cc1. The van der Waals surface area contributed by atoms with E-state index in [4.69, 9.17) is 28.6 Å². The molecule has 1 saturated heterocycles. The largest absolute Gasteiger partial charge is 0.370 e. The van der Waals surface area contributed by atoms with Crippen LogP contribution in [-0.2, 0) is 0 Å². The number of benzene rings is 2. The molecule has 0 unspecified atom stereocenters. The first-order valence-corrected chi connectivity index (χ1v) is 12.7. The highest BCUT2D eigenvalue weighted by molar-refractivity contribution is 6.32. The number of amides is 2. The highest BCUT2D eigenvalue weighted by atomic mass is 35.5. The summed E-state index contributed by atoms with van der Waals surface area (Å²) in [6, 6.07) is 13.3. The molecular weight excluding hydrogens is 511 g/mol. The Labute approximate surface area is 226 Å². The van der Waals surface area contributed by atoms with E-state index in [1.165, 1.54) is 12.3 Å². The summed E-state index contributed by atoms with van der Waals surface area (Å²) in [6.07, 6.45) is 4.59. The van der Waals surface area contributed by atoms with Gasteiger partial charge in [0, 0.05) is 49.5 Å². The van der Waals surface area contributed by atoms with Gasteiger partial charge < -0.3 is 20.4 Å². The second-order valence-electron chi connectivity index (χ2n) is 8.99. The fourth-order valence-electron chi connectivity index (χ4n) is 4.14. The third-order valence-electron chi connectivity index (χ3n) is 6.10. The van der Waals surface area contributed by atoms with Crippen LogP contribution >= 0.6 is 23.2 Å². The predicted molar refractivity (Wildman–Crippen MR) is 150 cm³/mol. The van der Waals surface area contributed by atoms with E-state index in [0.717, 1.165) is 32.4 Å². The number of hydrogen-bond donors (Lipinski definition) is 3. The van der Waals surface area contributed by atoms with Crippen LogP contribution in [0.1, 0.15) is 45.5 Å². The minimum absolute atomic E-state index is 0.226. The van der Waals surface area contributed by atoms with E-state index in [-0.39, 0.29) is 11.5 Å². The Morgan fingerprint density at radius 3 is 2.19 bits per heavy atom. The van der Waals surface area contributed by atoms with Gasteiger partial charge in [-0.1, -0.05) is 35.3 Å². The number of halogens is 2. The van der Waals surface area contributed by atoms with Crippen molar-refractivity contribution in [3.63, 3.8) is 0 Å². The lowest BCUT2D eigenvalue weighted by Crippen LogP contribution is -2.31. The summed E-state index contributed by atoms with van der Waals surface area (Å²) in [4.78, 5) is 34.7. The first-order valence-electron chi connectivity index (χ1n) is 11.9. The number of aromatic nitrogens is 1. The van der Waals surface area contributed by atoms with Crippen molar-refractivity contribution in [2.24, 2.45) is 0 Å². The average Bonchev–Trinajstić information content (AvgIpc) is 2.90. The highest BCUT2D eigenvalue weighted by Crippen LogP contribution is 2.36. The van der Waals surface area contributed by atoms with Gasteiger partial charge in [0.2, 0.25) is 0 Å². The number of nitrogens with zero attached hydrogens (tertiary/aromatic N) is 3. The quantitative estimate of drug-likeness (QED) is 0.273. The van der Waals surface area contributed by atoms with Crippen LogP contribution in [0.25, 0.3) is 0 Å². The molecular formula is C27H28Cl2N6O2. The second kappa shape index (κ2) is 11.6. The van der Waals surface area contributed by atoms with E-state index in [0.29, 0.717) is 44.2 Å². The smallest absolute Gasteiger partial charge is 0.259 e. The molecule has 4 rings (SSSR count). The molecule has 1 aliphatic heterocycles. The molecule has 1 fully saturated rings. The van der Waals surface area contributed by atoms with Crippen molar-refractivity contribution >= 4 is 58.0 Å². The molecule has 0 atom stereocenters. The van der Waals surface area contributed by atoms with E-state index in [1.54, 1.807) is 61.5 Å². The monoisotopic (exact) mass is 538 g/mol. The summed E-state index contributed by atoms with van der Waals surface area (Å²) in [5.74, 6) is -0.167. The zero-order valence-corrected chi connectivity index (χ0v) is 22.2. The second-order valence-corrected chi connectivity index (χ2v) is 9.86. The first-order chi connectivity index (χ1) is 17.7. The summed E-state index contributed by atoms with van der Waals surface area (Å²) >= 11 is 12.4. The van der Waals surface area contributed by atoms with Crippen LogP contribution in [0.5, 0.6) is 0 Å². The van der Waals surface area contributed by atoms with Gasteiger partial charge in [-0.2, -0.15) is 0 Å². The van der Waals surface area contributed by atoms with Crippen LogP contribution in [-0.4, -0.2) is 54.7 Å². The van der Waals surface area contributed by atoms with Gasteiger partial charge in [-0.3, -0.25) is 15.0 Å². The summed E-state index contributed by atoms with van der Waals surface area (Å²) < 4.78 is 0. The van der Waals surface area contributed by atoms with Gasteiger partial charge in [0.15, 0.2) is 0 Å². The van der Waals surface area contributed by atoms with Crippen LogP contribution in [0.3, 0.4) is 0 Å². The van der Waals surface area contributed by atoms with Crippen LogP contribution in [0.2, 0.25) is 10.0 Å². The van der Waals surface area contributed by atoms with Gasteiger partial charge in [0.25, 0.3) is 11.8 Å². The molecule has 0 bridgehead atoms. The maximum absolute atomic E-state index is 13.4.